The third-order valence-corrected chi connectivity index (χ3v) is 4.22. The van der Waals surface area contributed by atoms with Crippen LogP contribution in [0.5, 0.6) is 0 Å². The first kappa shape index (κ1) is 13.6. The lowest BCUT2D eigenvalue weighted by atomic mass is 10.1. The van der Waals surface area contributed by atoms with Gasteiger partial charge in [0, 0.05) is 15.0 Å². The number of aryl methyl sites for hydroxylation is 1. The molecule has 1 nitrogen and oxygen atoms in total. The maximum atomic E-state index is 3.57. The van der Waals surface area contributed by atoms with Crippen LogP contribution in [-0.2, 0) is 0 Å². The van der Waals surface area contributed by atoms with Crippen molar-refractivity contribution in [2.45, 2.75) is 19.9 Å². The highest BCUT2D eigenvalue weighted by Gasteiger charge is 2.09. The van der Waals surface area contributed by atoms with Gasteiger partial charge in [0.2, 0.25) is 0 Å². The average molecular weight is 369 g/mol. The normalized spacial score (nSPS) is 12.2. The smallest absolute Gasteiger partial charge is 0.0633 e. The lowest BCUT2D eigenvalue weighted by molar-refractivity contribution is 0.881. The summed E-state index contributed by atoms with van der Waals surface area (Å²) in [6.07, 6.45) is 0. The molecule has 0 saturated heterocycles. The Hall–Kier alpha value is -0.800. The summed E-state index contributed by atoms with van der Waals surface area (Å²) < 4.78 is 2.13. The summed E-state index contributed by atoms with van der Waals surface area (Å²) in [5.41, 5.74) is 3.65. The Morgan fingerprint density at radius 1 is 0.944 bits per heavy atom. The molecule has 0 aliphatic carbocycles. The number of benzene rings is 2. The first-order valence-electron chi connectivity index (χ1n) is 5.85. The van der Waals surface area contributed by atoms with Crippen molar-refractivity contribution in [2.24, 2.45) is 0 Å². The molecule has 2 aromatic carbocycles. The van der Waals surface area contributed by atoms with Gasteiger partial charge in [-0.25, -0.2) is 0 Å². The number of para-hydroxylation sites is 1. The van der Waals surface area contributed by atoms with Crippen LogP contribution in [0.2, 0.25) is 0 Å². The molecule has 0 spiro atoms. The summed E-state index contributed by atoms with van der Waals surface area (Å²) in [7, 11) is 0. The molecule has 0 aromatic heterocycles. The van der Waals surface area contributed by atoms with Crippen LogP contribution in [0.15, 0.2) is 51.4 Å². The van der Waals surface area contributed by atoms with Gasteiger partial charge in [-0.05, 0) is 63.4 Å². The molecule has 0 bridgehead atoms. The van der Waals surface area contributed by atoms with Gasteiger partial charge in [0.05, 0.1) is 5.69 Å². The number of hydrogen-bond donors (Lipinski definition) is 1. The monoisotopic (exact) mass is 367 g/mol. The molecule has 0 saturated carbocycles. The highest BCUT2D eigenvalue weighted by atomic mass is 79.9. The van der Waals surface area contributed by atoms with Gasteiger partial charge >= 0.3 is 0 Å². The molecule has 1 unspecified atom stereocenters. The highest BCUT2D eigenvalue weighted by molar-refractivity contribution is 9.11. The zero-order chi connectivity index (χ0) is 13.1. The molecule has 1 atom stereocenters. The van der Waals surface area contributed by atoms with Crippen LogP contribution in [-0.4, -0.2) is 0 Å². The van der Waals surface area contributed by atoms with E-state index in [-0.39, 0.29) is 6.04 Å². The van der Waals surface area contributed by atoms with Gasteiger partial charge in [0.15, 0.2) is 0 Å². The van der Waals surface area contributed by atoms with E-state index in [0.29, 0.717) is 0 Å². The van der Waals surface area contributed by atoms with Gasteiger partial charge in [-0.3, -0.25) is 0 Å². The molecule has 0 aliphatic heterocycles. The van der Waals surface area contributed by atoms with Crippen molar-refractivity contribution in [3.8, 4) is 0 Å². The van der Waals surface area contributed by atoms with Crippen molar-refractivity contribution >= 4 is 37.5 Å². The molecular formula is C15H15Br2N. The van der Waals surface area contributed by atoms with Crippen LogP contribution in [0.25, 0.3) is 0 Å². The first-order chi connectivity index (χ1) is 8.58. The van der Waals surface area contributed by atoms with Gasteiger partial charge in [0.25, 0.3) is 0 Å². The van der Waals surface area contributed by atoms with Crippen molar-refractivity contribution in [3.63, 3.8) is 0 Å². The summed E-state index contributed by atoms with van der Waals surface area (Å²) >= 11 is 7.13. The summed E-state index contributed by atoms with van der Waals surface area (Å²) in [4.78, 5) is 0. The Bertz CT molecular complexity index is 514. The molecule has 2 rings (SSSR count). The summed E-state index contributed by atoms with van der Waals surface area (Å²) in [5.74, 6) is 0. The predicted octanol–water partition coefficient (Wildman–Crippen LogP) is 5.69. The minimum atomic E-state index is 0.264. The van der Waals surface area contributed by atoms with Crippen molar-refractivity contribution in [3.05, 3.63) is 62.5 Å². The minimum Gasteiger partial charge on any atom is -0.377 e. The van der Waals surface area contributed by atoms with Gasteiger partial charge in [-0.2, -0.15) is 0 Å². The zero-order valence-electron chi connectivity index (χ0n) is 10.4. The first-order valence-corrected chi connectivity index (χ1v) is 7.43. The molecule has 0 fully saturated rings. The van der Waals surface area contributed by atoms with Crippen LogP contribution < -0.4 is 5.32 Å². The maximum absolute atomic E-state index is 3.57. The lowest BCUT2D eigenvalue weighted by Crippen LogP contribution is -2.07. The van der Waals surface area contributed by atoms with Gasteiger partial charge in [-0.1, -0.05) is 35.9 Å². The third kappa shape index (κ3) is 3.15. The van der Waals surface area contributed by atoms with E-state index < -0.39 is 0 Å². The quantitative estimate of drug-likeness (QED) is 0.733. The van der Waals surface area contributed by atoms with Gasteiger partial charge < -0.3 is 5.32 Å². The molecule has 94 valence electrons. The SMILES string of the molecule is Cc1ccc(C(C)Nc2c(Br)cccc2Br)cc1. The van der Waals surface area contributed by atoms with E-state index in [1.807, 2.05) is 18.2 Å². The van der Waals surface area contributed by atoms with Crippen LogP contribution in [0.3, 0.4) is 0 Å². The van der Waals surface area contributed by atoms with Crippen LogP contribution in [0, 0.1) is 6.92 Å². The molecule has 2 aromatic rings. The van der Waals surface area contributed by atoms with E-state index in [1.54, 1.807) is 0 Å². The minimum absolute atomic E-state index is 0.264. The fraction of sp³-hybridized carbons (Fsp3) is 0.200. The molecule has 0 radical (unpaired) electrons. The molecule has 0 amide bonds. The highest BCUT2D eigenvalue weighted by Crippen LogP contribution is 2.33. The maximum Gasteiger partial charge on any atom is 0.0633 e. The standard InChI is InChI=1S/C15H15Br2N/c1-10-6-8-12(9-7-10)11(2)18-15-13(16)4-3-5-14(15)17/h3-9,11,18H,1-2H3. The van der Waals surface area contributed by atoms with Gasteiger partial charge in [0.1, 0.15) is 0 Å². The summed E-state index contributed by atoms with van der Waals surface area (Å²) in [6.45, 7) is 4.27. The second-order valence-electron chi connectivity index (χ2n) is 4.37. The second kappa shape index (κ2) is 5.89. The largest absolute Gasteiger partial charge is 0.377 e. The molecule has 3 heteroatoms. The van der Waals surface area contributed by atoms with E-state index in [1.165, 1.54) is 11.1 Å². The number of rotatable bonds is 3. The average Bonchev–Trinajstić information content (AvgIpc) is 2.34. The fourth-order valence-electron chi connectivity index (χ4n) is 1.79. The van der Waals surface area contributed by atoms with E-state index in [2.05, 4.69) is 75.3 Å². The van der Waals surface area contributed by atoms with Crippen molar-refractivity contribution in [2.75, 3.05) is 5.32 Å². The van der Waals surface area contributed by atoms with Crippen LogP contribution in [0.1, 0.15) is 24.1 Å². The number of hydrogen-bond acceptors (Lipinski definition) is 1. The third-order valence-electron chi connectivity index (χ3n) is 2.90. The van der Waals surface area contributed by atoms with E-state index >= 15 is 0 Å². The Kier molecular flexibility index (Phi) is 4.46. The second-order valence-corrected chi connectivity index (χ2v) is 6.08. The van der Waals surface area contributed by atoms with E-state index in [9.17, 15) is 0 Å². The molecule has 1 N–H and O–H groups in total. The van der Waals surface area contributed by atoms with Crippen molar-refractivity contribution in [1.82, 2.24) is 0 Å². The van der Waals surface area contributed by atoms with Crippen molar-refractivity contribution in [1.29, 1.82) is 0 Å². The number of halogens is 2. The van der Waals surface area contributed by atoms with E-state index in [0.717, 1.165) is 14.6 Å². The Morgan fingerprint density at radius 3 is 2.06 bits per heavy atom. The topological polar surface area (TPSA) is 12.0 Å². The van der Waals surface area contributed by atoms with Crippen LogP contribution >= 0.6 is 31.9 Å². The zero-order valence-corrected chi connectivity index (χ0v) is 13.5. The molecular weight excluding hydrogens is 354 g/mol. The lowest BCUT2D eigenvalue weighted by Gasteiger charge is -2.18. The Morgan fingerprint density at radius 2 is 1.50 bits per heavy atom. The predicted molar refractivity (Wildman–Crippen MR) is 85.1 cm³/mol. The number of anilines is 1. The van der Waals surface area contributed by atoms with Crippen LogP contribution in [0.4, 0.5) is 5.69 Å². The Balaban J connectivity index is 2.21. The van der Waals surface area contributed by atoms with Gasteiger partial charge in [-0.15, -0.1) is 0 Å². The molecule has 0 heterocycles. The Labute approximate surface area is 125 Å². The molecule has 18 heavy (non-hydrogen) atoms. The van der Waals surface area contributed by atoms with E-state index in [4.69, 9.17) is 0 Å². The summed E-state index contributed by atoms with van der Waals surface area (Å²) in [6, 6.07) is 15.0. The summed E-state index contributed by atoms with van der Waals surface area (Å²) in [5, 5.41) is 3.52. The fourth-order valence-corrected chi connectivity index (χ4v) is 3.02. The number of nitrogens with one attached hydrogen (secondary N) is 1. The molecule has 0 aliphatic rings. The van der Waals surface area contributed by atoms with Crippen molar-refractivity contribution < 1.29 is 0 Å².